The summed E-state index contributed by atoms with van der Waals surface area (Å²) in [5, 5.41) is -0.726. The van der Waals surface area contributed by atoms with Crippen LogP contribution in [-0.2, 0) is 6.54 Å². The highest BCUT2D eigenvalue weighted by Crippen LogP contribution is 2.39. The number of rotatable bonds is 6. The second kappa shape index (κ2) is 12.6. The third-order valence-electron chi connectivity index (χ3n) is 9.60. The molecule has 5 nitrogen and oxygen atoms in total. The van der Waals surface area contributed by atoms with Crippen molar-refractivity contribution in [2.75, 3.05) is 0 Å². The standard InChI is InChI=1S/C50H32N4O/c1-3-12-33(13-4-1)34-23-25-37(26-24-34)49-51-48(36-15-5-2-6-16-36)52-50(53-49)42-19-11-21-44-46(42)41-28-22-32(30-45(41)55-44)31-54-43-20-10-9-18-39(43)40-29-27-35-14-7-8-17-38(35)47(40)54/h1-30H,31H2/i7D,8D,9D,10D,11D,14D,17D,18D,19D,20D,21D,22D,27D,29D,30D. The van der Waals surface area contributed by atoms with E-state index in [1.165, 1.54) is 10.6 Å². The van der Waals surface area contributed by atoms with E-state index in [9.17, 15) is 4.11 Å². The maximum Gasteiger partial charge on any atom is 0.164 e. The number of fused-ring (bicyclic) bond motifs is 8. The van der Waals surface area contributed by atoms with Gasteiger partial charge in [-0.1, -0.05) is 164 Å². The fraction of sp³-hybridized carbons (Fsp3) is 0.0200. The van der Waals surface area contributed by atoms with E-state index in [0.717, 1.165) is 11.1 Å². The van der Waals surface area contributed by atoms with Crippen LogP contribution < -0.4 is 0 Å². The van der Waals surface area contributed by atoms with Gasteiger partial charge in [0.15, 0.2) is 17.5 Å². The maximum absolute atomic E-state index is 9.64. The van der Waals surface area contributed by atoms with Gasteiger partial charge in [0.25, 0.3) is 0 Å². The molecule has 11 aromatic rings. The van der Waals surface area contributed by atoms with Gasteiger partial charge in [-0.25, -0.2) is 15.0 Å². The summed E-state index contributed by atoms with van der Waals surface area (Å²) >= 11 is 0. The van der Waals surface area contributed by atoms with Gasteiger partial charge in [-0.2, -0.15) is 0 Å². The predicted molar refractivity (Wildman–Crippen MR) is 225 cm³/mol. The van der Waals surface area contributed by atoms with Gasteiger partial charge in [0, 0.05) is 55.7 Å². The van der Waals surface area contributed by atoms with Crippen molar-refractivity contribution < 1.29 is 25.0 Å². The largest absolute Gasteiger partial charge is 0.456 e. The van der Waals surface area contributed by atoms with Crippen LogP contribution >= 0.6 is 0 Å². The second-order valence-electron chi connectivity index (χ2n) is 12.8. The first-order valence-corrected chi connectivity index (χ1v) is 17.3. The molecule has 0 aliphatic rings. The fourth-order valence-corrected chi connectivity index (χ4v) is 7.05. The van der Waals surface area contributed by atoms with Crippen molar-refractivity contribution in [3.63, 3.8) is 0 Å². The lowest BCUT2D eigenvalue weighted by molar-refractivity contribution is 0.667. The van der Waals surface area contributed by atoms with Gasteiger partial charge < -0.3 is 8.98 Å². The summed E-state index contributed by atoms with van der Waals surface area (Å²) < 4.78 is 142. The first-order valence-electron chi connectivity index (χ1n) is 24.8. The van der Waals surface area contributed by atoms with Gasteiger partial charge in [0.05, 0.1) is 26.1 Å². The van der Waals surface area contributed by atoms with Gasteiger partial charge in [-0.15, -0.1) is 0 Å². The smallest absolute Gasteiger partial charge is 0.164 e. The molecule has 0 N–H and O–H groups in total. The average Bonchev–Trinajstić information content (AvgIpc) is 3.92. The first-order chi connectivity index (χ1) is 33.5. The highest BCUT2D eigenvalue weighted by Gasteiger charge is 2.19. The number of nitrogens with zero attached hydrogens (tertiary/aromatic N) is 4. The molecule has 11 rings (SSSR count). The molecule has 3 aromatic heterocycles. The summed E-state index contributed by atoms with van der Waals surface area (Å²) in [5.41, 5.74) is 2.40. The van der Waals surface area contributed by atoms with Crippen molar-refractivity contribution in [1.29, 1.82) is 0 Å². The molecule has 3 heterocycles. The van der Waals surface area contributed by atoms with Crippen LogP contribution in [0.4, 0.5) is 0 Å². The minimum Gasteiger partial charge on any atom is -0.456 e. The molecule has 0 bridgehead atoms. The molecule has 258 valence electrons. The zero-order valence-electron chi connectivity index (χ0n) is 43.6. The zero-order chi connectivity index (χ0) is 49.3. The Morgan fingerprint density at radius 1 is 0.491 bits per heavy atom. The molecule has 0 unspecified atom stereocenters. The van der Waals surface area contributed by atoms with E-state index in [-0.39, 0.29) is 89.2 Å². The molecule has 0 radical (unpaired) electrons. The molecular formula is C50H32N4O. The second-order valence-corrected chi connectivity index (χ2v) is 12.8. The van der Waals surface area contributed by atoms with Crippen LogP contribution in [0, 0.1) is 0 Å². The van der Waals surface area contributed by atoms with E-state index < -0.39 is 91.1 Å². The SMILES string of the molecule is [2H]c1cc2c(oc3c([2H])c([2H])c([2H])c(-c4nc(-c5ccccc5)nc(-c5ccc(-c6ccccc6)cc5)n4)c32)c([2H])c1Cn1c2c([2H])c([2H])c([2H])c([2H])c2c2c([2H])c([2H])c3c([2H])c([2H])c([2H])c([2H])c3c21. The third kappa shape index (κ3) is 5.28. The summed E-state index contributed by atoms with van der Waals surface area (Å²) in [4.78, 5) is 14.5. The van der Waals surface area contributed by atoms with Crippen LogP contribution in [-0.4, -0.2) is 19.5 Å². The fourth-order valence-electron chi connectivity index (χ4n) is 7.05. The molecule has 0 saturated heterocycles. The molecule has 55 heavy (non-hydrogen) atoms. The summed E-state index contributed by atoms with van der Waals surface area (Å²) in [6.07, 6.45) is 0. The van der Waals surface area contributed by atoms with Gasteiger partial charge in [0.1, 0.15) is 11.2 Å². The van der Waals surface area contributed by atoms with Crippen molar-refractivity contribution in [2.45, 2.75) is 6.54 Å². The van der Waals surface area contributed by atoms with Crippen molar-refractivity contribution >= 4 is 54.5 Å². The molecule has 5 heteroatoms. The van der Waals surface area contributed by atoms with E-state index in [4.69, 9.17) is 35.8 Å². The quantitative estimate of drug-likeness (QED) is 0.172. The predicted octanol–water partition coefficient (Wildman–Crippen LogP) is 12.7. The summed E-state index contributed by atoms with van der Waals surface area (Å²) in [6.45, 7) is -0.532. The lowest BCUT2D eigenvalue weighted by Gasteiger charge is -2.10. The van der Waals surface area contributed by atoms with E-state index in [1.807, 2.05) is 84.9 Å². The number of furan rings is 1. The van der Waals surface area contributed by atoms with Gasteiger partial charge in [-0.05, 0) is 40.2 Å². The summed E-state index contributed by atoms with van der Waals surface area (Å²) in [6, 6.07) is 19.6. The Morgan fingerprint density at radius 2 is 1.15 bits per heavy atom. The maximum atomic E-state index is 9.64. The Kier molecular flexibility index (Phi) is 4.51. The monoisotopic (exact) mass is 719 g/mol. The van der Waals surface area contributed by atoms with Crippen LogP contribution in [0.1, 0.15) is 26.1 Å². The minimum absolute atomic E-state index is 0.0174. The number of hydrogen-bond donors (Lipinski definition) is 0. The highest BCUT2D eigenvalue weighted by molar-refractivity contribution is 6.18. The molecule has 0 atom stereocenters. The summed E-state index contributed by atoms with van der Waals surface area (Å²) in [5.74, 6) is 0.444. The van der Waals surface area contributed by atoms with Gasteiger partial charge in [-0.3, -0.25) is 0 Å². The van der Waals surface area contributed by atoms with Crippen LogP contribution in [0.25, 0.3) is 99.8 Å². The van der Waals surface area contributed by atoms with Crippen molar-refractivity contribution in [3.05, 3.63) is 187 Å². The van der Waals surface area contributed by atoms with Crippen LogP contribution in [0.15, 0.2) is 186 Å². The highest BCUT2D eigenvalue weighted by atomic mass is 16.3. The van der Waals surface area contributed by atoms with E-state index in [2.05, 4.69) is 0 Å². The topological polar surface area (TPSA) is 56.7 Å². The minimum atomic E-state index is -0.662. The number of para-hydroxylation sites is 1. The molecule has 0 fully saturated rings. The molecule has 8 aromatic carbocycles. The molecule has 0 amide bonds. The molecule has 0 spiro atoms. The van der Waals surface area contributed by atoms with E-state index >= 15 is 0 Å². The number of hydrogen-bond acceptors (Lipinski definition) is 4. The molecule has 0 aliphatic heterocycles. The lowest BCUT2D eigenvalue weighted by atomic mass is 10.0. The Bertz CT molecular complexity index is 4090. The summed E-state index contributed by atoms with van der Waals surface area (Å²) in [7, 11) is 0. The van der Waals surface area contributed by atoms with E-state index in [0.29, 0.717) is 11.1 Å². The van der Waals surface area contributed by atoms with E-state index in [1.54, 1.807) is 0 Å². The van der Waals surface area contributed by atoms with Crippen LogP contribution in [0.2, 0.25) is 0 Å². The molecule has 0 saturated carbocycles. The van der Waals surface area contributed by atoms with Gasteiger partial charge in [0.2, 0.25) is 0 Å². The Balaban J connectivity index is 1.17. The Morgan fingerprint density at radius 3 is 1.95 bits per heavy atom. The van der Waals surface area contributed by atoms with Crippen molar-refractivity contribution in [2.24, 2.45) is 0 Å². The normalized spacial score (nSPS) is 15.5. The third-order valence-corrected chi connectivity index (χ3v) is 9.60. The van der Waals surface area contributed by atoms with Crippen LogP contribution in [0.5, 0.6) is 0 Å². The number of aromatic nitrogens is 4. The van der Waals surface area contributed by atoms with Crippen LogP contribution in [0.3, 0.4) is 0 Å². The first kappa shape index (κ1) is 19.6. The lowest BCUT2D eigenvalue weighted by Crippen LogP contribution is -2.00. The zero-order valence-corrected chi connectivity index (χ0v) is 28.6. The molecular weight excluding hydrogens is 673 g/mol. The number of benzene rings is 8. The van der Waals surface area contributed by atoms with Crippen molar-refractivity contribution in [1.82, 2.24) is 19.5 Å². The van der Waals surface area contributed by atoms with Crippen molar-refractivity contribution in [3.8, 4) is 45.3 Å². The molecule has 0 aliphatic carbocycles. The Labute approximate surface area is 337 Å². The average molecular weight is 720 g/mol. The Hall–Kier alpha value is -7.37. The van der Waals surface area contributed by atoms with Gasteiger partial charge >= 0.3 is 0 Å².